The zero-order valence-corrected chi connectivity index (χ0v) is 12.7. The first-order chi connectivity index (χ1) is 10.9. The smallest absolute Gasteiger partial charge is 0.414 e. The molecule has 3 rings (SSSR count). The number of carbonyl (C=O) groups is 2. The predicted molar refractivity (Wildman–Crippen MR) is 83.1 cm³/mol. The summed E-state index contributed by atoms with van der Waals surface area (Å²) in [7, 11) is 2.13. The van der Waals surface area contributed by atoms with Crippen LogP contribution in [0.15, 0.2) is 29.4 Å². The fraction of sp³-hybridized carbons (Fsp3) is 0.400. The lowest BCUT2D eigenvalue weighted by molar-refractivity contribution is -0.159. The Morgan fingerprint density at radius 3 is 2.43 bits per heavy atom. The molecule has 0 saturated carbocycles. The molecule has 2 heterocycles. The highest BCUT2D eigenvalue weighted by Crippen LogP contribution is 2.27. The van der Waals surface area contributed by atoms with E-state index in [0.29, 0.717) is 5.92 Å². The molecule has 23 heavy (non-hydrogen) atoms. The largest absolute Gasteiger partial charge is 0.473 e. The molecule has 0 amide bonds. The minimum Gasteiger partial charge on any atom is -0.473 e. The molecule has 8 heteroatoms. The summed E-state index contributed by atoms with van der Waals surface area (Å²) in [6.07, 6.45) is 1.14. The molecule has 1 aromatic carbocycles. The Labute approximate surface area is 133 Å². The summed E-state index contributed by atoms with van der Waals surface area (Å²) in [6, 6.07) is 7.99. The Morgan fingerprint density at radius 2 is 1.87 bits per heavy atom. The van der Waals surface area contributed by atoms with Crippen molar-refractivity contribution in [2.24, 2.45) is 11.1 Å². The van der Waals surface area contributed by atoms with Gasteiger partial charge in [0.2, 0.25) is 0 Å². The molecule has 0 aliphatic carbocycles. The van der Waals surface area contributed by atoms with Crippen molar-refractivity contribution in [1.82, 2.24) is 4.90 Å². The second-order valence-corrected chi connectivity index (χ2v) is 5.58. The molecule has 2 aliphatic heterocycles. The third kappa shape index (κ3) is 4.43. The number of oxime groups is 1. The van der Waals surface area contributed by atoms with Crippen LogP contribution in [0.25, 0.3) is 0 Å². The lowest BCUT2D eigenvalue weighted by atomic mass is 9.95. The summed E-state index contributed by atoms with van der Waals surface area (Å²) in [5, 5.41) is 19.0. The van der Waals surface area contributed by atoms with E-state index in [1.165, 1.54) is 11.3 Å². The van der Waals surface area contributed by atoms with Gasteiger partial charge >= 0.3 is 11.9 Å². The number of anilines is 1. The molecule has 0 bridgehead atoms. The van der Waals surface area contributed by atoms with Gasteiger partial charge in [-0.2, -0.15) is 0 Å². The minimum absolute atomic E-state index is 0.267. The van der Waals surface area contributed by atoms with Crippen LogP contribution < -0.4 is 5.73 Å². The summed E-state index contributed by atoms with van der Waals surface area (Å²) in [5.41, 5.74) is 8.90. The van der Waals surface area contributed by atoms with Crippen LogP contribution in [0.5, 0.6) is 0 Å². The SMILES string of the molecule is CN1CC2ON=C(Cc3ccc(N)cc3)C2C1.O=C(O)C(=O)O. The van der Waals surface area contributed by atoms with Gasteiger partial charge in [-0.1, -0.05) is 17.3 Å². The standard InChI is InChI=1S/C13H17N3O.C2H2O4/c1-16-7-11-12(15-17-13(11)8-16)6-9-2-4-10(14)5-3-9;3-1(4)2(5)6/h2-5,11,13H,6-8,14H2,1H3;(H,3,4)(H,5,6). The fourth-order valence-corrected chi connectivity index (χ4v) is 2.60. The first kappa shape index (κ1) is 16.8. The van der Waals surface area contributed by atoms with Crippen LogP contribution in [0.2, 0.25) is 0 Å². The quantitative estimate of drug-likeness (QED) is 0.528. The number of nitrogen functional groups attached to an aromatic ring is 1. The third-order valence-electron chi connectivity index (χ3n) is 3.73. The number of fused-ring (bicyclic) bond motifs is 1. The Hall–Kier alpha value is -2.61. The van der Waals surface area contributed by atoms with E-state index in [4.69, 9.17) is 30.4 Å². The Balaban J connectivity index is 0.000000277. The number of nitrogens with two attached hydrogens (primary N) is 1. The van der Waals surface area contributed by atoms with Gasteiger partial charge in [0.25, 0.3) is 0 Å². The zero-order chi connectivity index (χ0) is 17.0. The monoisotopic (exact) mass is 321 g/mol. The number of hydrogen-bond donors (Lipinski definition) is 3. The molecule has 0 radical (unpaired) electrons. The Bertz CT molecular complexity index is 602. The van der Waals surface area contributed by atoms with E-state index in [1.807, 2.05) is 12.1 Å². The number of hydrogen-bond acceptors (Lipinski definition) is 6. The van der Waals surface area contributed by atoms with Crippen molar-refractivity contribution < 1.29 is 24.6 Å². The first-order valence-electron chi connectivity index (χ1n) is 7.08. The number of likely N-dealkylation sites (tertiary alicyclic amines) is 1. The van der Waals surface area contributed by atoms with E-state index in [-0.39, 0.29) is 6.10 Å². The van der Waals surface area contributed by atoms with Crippen LogP contribution in [0.3, 0.4) is 0 Å². The maximum Gasteiger partial charge on any atom is 0.414 e. The number of benzene rings is 1. The molecular weight excluding hydrogens is 302 g/mol. The molecule has 124 valence electrons. The number of rotatable bonds is 2. The van der Waals surface area contributed by atoms with E-state index in [9.17, 15) is 0 Å². The van der Waals surface area contributed by atoms with Crippen molar-refractivity contribution in [3.8, 4) is 0 Å². The predicted octanol–water partition coefficient (Wildman–Crippen LogP) is 0.283. The van der Waals surface area contributed by atoms with Crippen LogP contribution in [0, 0.1) is 5.92 Å². The Kier molecular flexibility index (Phi) is 5.17. The molecule has 1 fully saturated rings. The van der Waals surface area contributed by atoms with Crippen molar-refractivity contribution in [3.63, 3.8) is 0 Å². The van der Waals surface area contributed by atoms with Crippen molar-refractivity contribution in [2.45, 2.75) is 12.5 Å². The molecular formula is C15H19N3O5. The first-order valence-corrected chi connectivity index (χ1v) is 7.08. The molecule has 4 N–H and O–H groups in total. The highest BCUT2D eigenvalue weighted by atomic mass is 16.6. The zero-order valence-electron chi connectivity index (χ0n) is 12.7. The molecule has 2 atom stereocenters. The second kappa shape index (κ2) is 7.10. The lowest BCUT2D eigenvalue weighted by Gasteiger charge is -2.09. The van der Waals surface area contributed by atoms with Gasteiger partial charge < -0.3 is 25.7 Å². The summed E-state index contributed by atoms with van der Waals surface area (Å²) in [4.78, 5) is 26.0. The van der Waals surface area contributed by atoms with Gasteiger partial charge in [-0.15, -0.1) is 0 Å². The van der Waals surface area contributed by atoms with Crippen molar-refractivity contribution >= 4 is 23.3 Å². The number of likely N-dealkylation sites (N-methyl/N-ethyl adjacent to an activating group) is 1. The van der Waals surface area contributed by atoms with Gasteiger partial charge in [0.05, 0.1) is 11.6 Å². The normalized spacial score (nSPS) is 22.4. The van der Waals surface area contributed by atoms with Crippen molar-refractivity contribution in [3.05, 3.63) is 29.8 Å². The molecule has 8 nitrogen and oxygen atoms in total. The molecule has 1 aromatic rings. The average Bonchev–Trinajstić information content (AvgIpc) is 3.02. The summed E-state index contributed by atoms with van der Waals surface area (Å²) < 4.78 is 0. The molecule has 2 aliphatic rings. The van der Waals surface area contributed by atoms with Gasteiger partial charge in [0.15, 0.2) is 0 Å². The topological polar surface area (TPSA) is 125 Å². The van der Waals surface area contributed by atoms with Crippen LogP contribution >= 0.6 is 0 Å². The minimum atomic E-state index is -1.82. The van der Waals surface area contributed by atoms with Crippen molar-refractivity contribution in [1.29, 1.82) is 0 Å². The Morgan fingerprint density at radius 1 is 1.26 bits per heavy atom. The van der Waals surface area contributed by atoms with Crippen LogP contribution in [0.4, 0.5) is 5.69 Å². The highest BCUT2D eigenvalue weighted by molar-refractivity contribution is 6.27. The average molecular weight is 321 g/mol. The molecule has 0 aromatic heterocycles. The van der Waals surface area contributed by atoms with Gasteiger partial charge in [0, 0.05) is 25.2 Å². The maximum absolute atomic E-state index is 9.10. The van der Waals surface area contributed by atoms with Gasteiger partial charge in [-0.05, 0) is 24.7 Å². The number of nitrogens with zero attached hydrogens (tertiary/aromatic N) is 2. The number of aliphatic carboxylic acids is 2. The van der Waals surface area contributed by atoms with Crippen LogP contribution in [-0.4, -0.2) is 59.0 Å². The maximum atomic E-state index is 9.10. The van der Waals surface area contributed by atoms with E-state index in [0.717, 1.165) is 25.2 Å². The lowest BCUT2D eigenvalue weighted by Crippen LogP contribution is -2.22. The van der Waals surface area contributed by atoms with Gasteiger partial charge in [-0.25, -0.2) is 9.59 Å². The third-order valence-corrected chi connectivity index (χ3v) is 3.73. The van der Waals surface area contributed by atoms with E-state index in [2.05, 4.69) is 29.2 Å². The van der Waals surface area contributed by atoms with E-state index >= 15 is 0 Å². The van der Waals surface area contributed by atoms with E-state index in [1.54, 1.807) is 0 Å². The number of carboxylic acid groups (broad SMARTS) is 2. The second-order valence-electron chi connectivity index (χ2n) is 5.58. The van der Waals surface area contributed by atoms with Gasteiger partial charge in [0.1, 0.15) is 6.10 Å². The van der Waals surface area contributed by atoms with Crippen LogP contribution in [0.1, 0.15) is 5.56 Å². The highest BCUT2D eigenvalue weighted by Gasteiger charge is 2.40. The van der Waals surface area contributed by atoms with Gasteiger partial charge in [-0.3, -0.25) is 0 Å². The molecule has 0 spiro atoms. The summed E-state index contributed by atoms with van der Waals surface area (Å²) in [5.74, 6) is -3.18. The summed E-state index contributed by atoms with van der Waals surface area (Å²) >= 11 is 0. The van der Waals surface area contributed by atoms with Crippen LogP contribution in [-0.2, 0) is 20.8 Å². The molecule has 1 saturated heterocycles. The number of carboxylic acids is 2. The fourth-order valence-electron chi connectivity index (χ4n) is 2.60. The van der Waals surface area contributed by atoms with E-state index < -0.39 is 11.9 Å². The molecule has 2 unspecified atom stereocenters. The summed E-state index contributed by atoms with van der Waals surface area (Å²) in [6.45, 7) is 2.04. The van der Waals surface area contributed by atoms with Crippen molar-refractivity contribution in [2.75, 3.05) is 25.9 Å².